The fraction of sp³-hybridized carbons (Fsp3) is 0.667. The number of primary amides is 1. The molecule has 2 saturated heterocycles. The first-order chi connectivity index (χ1) is 11.7. The molecule has 9 nitrogen and oxygen atoms in total. The van der Waals surface area contributed by atoms with Crippen molar-refractivity contribution >= 4 is 11.9 Å². The van der Waals surface area contributed by atoms with Crippen LogP contribution in [0.1, 0.15) is 11.9 Å². The number of anilines is 1. The van der Waals surface area contributed by atoms with Gasteiger partial charge in [0.2, 0.25) is 11.8 Å². The molecule has 1 aromatic heterocycles. The standard InChI is InChI=1S/C15H23N5O4.H2/c16-14(21)12-11-13(24-10-3-19-1-6-22-7-2-19)18-15(17-12)20-4-8-23-9-5-20;/h11H,1-10H2,(H2,16,21);1H. The molecule has 0 saturated carbocycles. The highest BCUT2D eigenvalue weighted by molar-refractivity contribution is 5.91. The van der Waals surface area contributed by atoms with Gasteiger partial charge in [0.05, 0.1) is 26.4 Å². The predicted octanol–water partition coefficient (Wildman–Crippen LogP) is -0.631. The normalized spacial score (nSPS) is 19.2. The Morgan fingerprint density at radius 2 is 1.83 bits per heavy atom. The second-order valence-corrected chi connectivity index (χ2v) is 5.66. The first-order valence-electron chi connectivity index (χ1n) is 8.17. The molecule has 0 aromatic carbocycles. The van der Waals surface area contributed by atoms with Crippen molar-refractivity contribution in [3.05, 3.63) is 11.8 Å². The Balaban J connectivity index is 0.00000225. The number of morpholine rings is 2. The molecule has 2 aliphatic rings. The molecule has 24 heavy (non-hydrogen) atoms. The predicted molar refractivity (Wildman–Crippen MR) is 88.4 cm³/mol. The largest absolute Gasteiger partial charge is 0.476 e. The van der Waals surface area contributed by atoms with Crippen molar-refractivity contribution in [1.29, 1.82) is 0 Å². The van der Waals surface area contributed by atoms with E-state index >= 15 is 0 Å². The van der Waals surface area contributed by atoms with Crippen LogP contribution >= 0.6 is 0 Å². The Kier molecular flexibility index (Phi) is 5.78. The lowest BCUT2D eigenvalue weighted by Gasteiger charge is -2.27. The number of hydrogen-bond acceptors (Lipinski definition) is 8. The number of amides is 1. The number of aromatic nitrogens is 2. The summed E-state index contributed by atoms with van der Waals surface area (Å²) in [5, 5.41) is 0. The summed E-state index contributed by atoms with van der Waals surface area (Å²) in [6.45, 7) is 7.14. The maximum atomic E-state index is 11.5. The van der Waals surface area contributed by atoms with Crippen LogP contribution in [-0.4, -0.2) is 86.5 Å². The quantitative estimate of drug-likeness (QED) is 0.731. The molecule has 0 spiro atoms. The number of hydrogen-bond donors (Lipinski definition) is 1. The van der Waals surface area contributed by atoms with Gasteiger partial charge < -0.3 is 24.8 Å². The van der Waals surface area contributed by atoms with Crippen LogP contribution in [-0.2, 0) is 9.47 Å². The Morgan fingerprint density at radius 1 is 1.17 bits per heavy atom. The molecule has 0 aliphatic carbocycles. The number of ether oxygens (including phenoxy) is 3. The third-order valence-corrected chi connectivity index (χ3v) is 4.00. The molecule has 0 unspecified atom stereocenters. The monoisotopic (exact) mass is 339 g/mol. The molecule has 0 radical (unpaired) electrons. The van der Waals surface area contributed by atoms with E-state index in [1.54, 1.807) is 0 Å². The molecule has 0 atom stereocenters. The van der Waals surface area contributed by atoms with Crippen LogP contribution in [0.4, 0.5) is 5.95 Å². The lowest BCUT2D eigenvalue weighted by Crippen LogP contribution is -2.39. The van der Waals surface area contributed by atoms with E-state index in [9.17, 15) is 4.79 Å². The third kappa shape index (κ3) is 4.53. The summed E-state index contributed by atoms with van der Waals surface area (Å²) < 4.78 is 16.4. The first-order valence-corrected chi connectivity index (χ1v) is 8.17. The molecule has 1 amide bonds. The first kappa shape index (κ1) is 16.9. The number of rotatable bonds is 6. The minimum Gasteiger partial charge on any atom is -0.476 e. The van der Waals surface area contributed by atoms with E-state index in [0.29, 0.717) is 44.7 Å². The van der Waals surface area contributed by atoms with E-state index in [0.717, 1.165) is 32.8 Å². The van der Waals surface area contributed by atoms with Gasteiger partial charge in [-0.25, -0.2) is 4.98 Å². The summed E-state index contributed by atoms with van der Waals surface area (Å²) in [6.07, 6.45) is 0. The van der Waals surface area contributed by atoms with E-state index < -0.39 is 5.91 Å². The second-order valence-electron chi connectivity index (χ2n) is 5.66. The van der Waals surface area contributed by atoms with Crippen molar-refractivity contribution in [1.82, 2.24) is 14.9 Å². The molecule has 134 valence electrons. The van der Waals surface area contributed by atoms with Crippen molar-refractivity contribution in [2.75, 3.05) is 70.7 Å². The van der Waals surface area contributed by atoms with Crippen molar-refractivity contribution < 1.29 is 20.4 Å². The van der Waals surface area contributed by atoms with Crippen LogP contribution in [0.3, 0.4) is 0 Å². The number of carbonyl (C=O) groups excluding carboxylic acids is 1. The molecule has 2 fully saturated rings. The summed E-state index contributed by atoms with van der Waals surface area (Å²) in [4.78, 5) is 24.4. The minimum atomic E-state index is -0.593. The van der Waals surface area contributed by atoms with E-state index in [2.05, 4.69) is 14.9 Å². The van der Waals surface area contributed by atoms with Crippen molar-refractivity contribution in [2.24, 2.45) is 5.73 Å². The van der Waals surface area contributed by atoms with Crippen molar-refractivity contribution in [2.45, 2.75) is 0 Å². The van der Waals surface area contributed by atoms with Gasteiger partial charge in [0.15, 0.2) is 0 Å². The maximum Gasteiger partial charge on any atom is 0.267 e. The topological polar surface area (TPSA) is 103 Å². The summed E-state index contributed by atoms with van der Waals surface area (Å²) in [6, 6.07) is 1.49. The van der Waals surface area contributed by atoms with Crippen LogP contribution < -0.4 is 15.4 Å². The highest BCUT2D eigenvalue weighted by Crippen LogP contribution is 2.17. The minimum absolute atomic E-state index is 0. The smallest absolute Gasteiger partial charge is 0.267 e. The van der Waals surface area contributed by atoms with Gasteiger partial charge in [-0.05, 0) is 0 Å². The van der Waals surface area contributed by atoms with Crippen LogP contribution in [0.25, 0.3) is 0 Å². The molecule has 3 heterocycles. The fourth-order valence-electron chi connectivity index (χ4n) is 2.62. The summed E-state index contributed by atoms with van der Waals surface area (Å²) >= 11 is 0. The molecule has 3 rings (SSSR count). The summed E-state index contributed by atoms with van der Waals surface area (Å²) in [5.41, 5.74) is 5.54. The molecule has 2 aliphatic heterocycles. The summed E-state index contributed by atoms with van der Waals surface area (Å²) in [5.74, 6) is 0.231. The molecule has 9 heteroatoms. The van der Waals surface area contributed by atoms with Crippen LogP contribution in [0.15, 0.2) is 6.07 Å². The molecular weight excluding hydrogens is 314 g/mol. The van der Waals surface area contributed by atoms with Crippen LogP contribution in [0, 0.1) is 0 Å². The molecule has 0 bridgehead atoms. The van der Waals surface area contributed by atoms with Crippen LogP contribution in [0.5, 0.6) is 5.88 Å². The Hall–Kier alpha value is -1.97. The zero-order valence-electron chi connectivity index (χ0n) is 13.6. The van der Waals surface area contributed by atoms with Crippen molar-refractivity contribution in [3.63, 3.8) is 0 Å². The molecule has 2 N–H and O–H groups in total. The van der Waals surface area contributed by atoms with E-state index in [4.69, 9.17) is 19.9 Å². The number of nitrogens with zero attached hydrogens (tertiary/aromatic N) is 4. The maximum absolute atomic E-state index is 11.5. The SMILES string of the molecule is NC(=O)c1cc(OCCN2CCOCC2)nc(N2CCOCC2)n1.[HH]. The van der Waals surface area contributed by atoms with E-state index in [1.165, 1.54) is 6.07 Å². The van der Waals surface area contributed by atoms with Gasteiger partial charge >= 0.3 is 0 Å². The van der Waals surface area contributed by atoms with Crippen LogP contribution in [0.2, 0.25) is 0 Å². The Bertz CT molecular complexity index is 565. The zero-order valence-corrected chi connectivity index (χ0v) is 13.6. The Morgan fingerprint density at radius 3 is 2.50 bits per heavy atom. The average Bonchev–Trinajstić information content (AvgIpc) is 2.63. The highest BCUT2D eigenvalue weighted by atomic mass is 16.5. The average molecular weight is 339 g/mol. The highest BCUT2D eigenvalue weighted by Gasteiger charge is 2.18. The van der Waals surface area contributed by atoms with E-state index in [1.807, 2.05) is 4.90 Å². The lowest BCUT2D eigenvalue weighted by molar-refractivity contribution is 0.0320. The van der Waals surface area contributed by atoms with Gasteiger partial charge in [-0.3, -0.25) is 9.69 Å². The third-order valence-electron chi connectivity index (χ3n) is 4.00. The van der Waals surface area contributed by atoms with Gasteiger partial charge in [-0.1, -0.05) is 0 Å². The molecular formula is C15H25N5O4. The number of carbonyl (C=O) groups is 1. The van der Waals surface area contributed by atoms with E-state index in [-0.39, 0.29) is 7.12 Å². The zero-order chi connectivity index (χ0) is 16.8. The lowest BCUT2D eigenvalue weighted by atomic mass is 10.3. The van der Waals surface area contributed by atoms with Gasteiger partial charge in [0.1, 0.15) is 12.3 Å². The summed E-state index contributed by atoms with van der Waals surface area (Å²) in [7, 11) is 0. The fourth-order valence-corrected chi connectivity index (χ4v) is 2.62. The number of nitrogens with two attached hydrogens (primary N) is 1. The second kappa shape index (κ2) is 8.22. The van der Waals surface area contributed by atoms with Gasteiger partial charge in [0.25, 0.3) is 5.91 Å². The Labute approximate surface area is 142 Å². The van der Waals surface area contributed by atoms with Gasteiger partial charge in [0, 0.05) is 40.2 Å². The molecule has 1 aromatic rings. The van der Waals surface area contributed by atoms with Gasteiger partial charge in [-0.2, -0.15) is 4.98 Å². The van der Waals surface area contributed by atoms with Gasteiger partial charge in [-0.15, -0.1) is 0 Å². The van der Waals surface area contributed by atoms with Crippen molar-refractivity contribution in [3.8, 4) is 5.88 Å².